The zero-order valence-corrected chi connectivity index (χ0v) is 10.6. The van der Waals surface area contributed by atoms with E-state index in [0.29, 0.717) is 18.2 Å². The molecule has 0 N–H and O–H groups in total. The maximum atomic E-state index is 11.4. The maximum Gasteiger partial charge on any atom is 0.307 e. The molecule has 5 heteroatoms. The summed E-state index contributed by atoms with van der Waals surface area (Å²) >= 11 is 5.76. The van der Waals surface area contributed by atoms with E-state index in [2.05, 4.69) is 0 Å². The highest BCUT2D eigenvalue weighted by atomic mass is 35.5. The molecule has 0 aliphatic carbocycles. The van der Waals surface area contributed by atoms with Crippen LogP contribution in [0.4, 0.5) is 0 Å². The zero-order chi connectivity index (χ0) is 12.7. The standard InChI is InChI=1S/C12H16ClNO3/c1-2-3-8-17-12(16)6-7-14-9-10(13)4-5-11(14)15/h4-5,9H,2-3,6-8H2,1H3. The molecule has 0 unspecified atom stereocenters. The summed E-state index contributed by atoms with van der Waals surface area (Å²) in [4.78, 5) is 22.7. The minimum absolute atomic E-state index is 0.171. The molecular formula is C12H16ClNO3. The van der Waals surface area contributed by atoms with Crippen molar-refractivity contribution in [1.82, 2.24) is 4.57 Å². The Balaban J connectivity index is 2.42. The van der Waals surface area contributed by atoms with Gasteiger partial charge in [0.15, 0.2) is 0 Å². The quantitative estimate of drug-likeness (QED) is 0.580. The first-order valence-corrected chi connectivity index (χ1v) is 6.03. The summed E-state index contributed by atoms with van der Waals surface area (Å²) in [5, 5.41) is 0.476. The van der Waals surface area contributed by atoms with Crippen molar-refractivity contribution >= 4 is 17.6 Å². The molecule has 1 aromatic heterocycles. The zero-order valence-electron chi connectivity index (χ0n) is 9.82. The van der Waals surface area contributed by atoms with E-state index in [1.54, 1.807) is 0 Å². The minimum atomic E-state index is -0.287. The van der Waals surface area contributed by atoms with Crippen molar-refractivity contribution in [1.29, 1.82) is 0 Å². The van der Waals surface area contributed by atoms with Crippen molar-refractivity contribution in [3.8, 4) is 0 Å². The number of carbonyl (C=O) groups excluding carboxylic acids is 1. The fourth-order valence-corrected chi connectivity index (χ4v) is 1.47. The Morgan fingerprint density at radius 2 is 2.24 bits per heavy atom. The first-order valence-electron chi connectivity index (χ1n) is 5.65. The summed E-state index contributed by atoms with van der Waals surface area (Å²) in [5.74, 6) is -0.287. The molecule has 0 aliphatic heterocycles. The maximum absolute atomic E-state index is 11.4. The van der Waals surface area contributed by atoms with Crippen molar-refractivity contribution in [2.75, 3.05) is 6.61 Å². The second kappa shape index (κ2) is 7.12. The number of aromatic nitrogens is 1. The molecule has 0 aliphatic rings. The second-order valence-electron chi connectivity index (χ2n) is 3.70. The van der Waals surface area contributed by atoms with Crippen LogP contribution in [0.25, 0.3) is 0 Å². The molecule has 0 saturated carbocycles. The predicted molar refractivity (Wildman–Crippen MR) is 66.2 cm³/mol. The Bertz CT molecular complexity index is 428. The number of esters is 1. The van der Waals surface area contributed by atoms with Gasteiger partial charge in [-0.2, -0.15) is 0 Å². The van der Waals surface area contributed by atoms with Gasteiger partial charge in [0.25, 0.3) is 5.56 Å². The van der Waals surface area contributed by atoms with Crippen LogP contribution in [-0.2, 0) is 16.1 Å². The summed E-state index contributed by atoms with van der Waals surface area (Å²) in [7, 11) is 0. The van der Waals surface area contributed by atoms with E-state index in [1.807, 2.05) is 6.92 Å². The molecule has 94 valence electrons. The lowest BCUT2D eigenvalue weighted by Gasteiger charge is -2.06. The fourth-order valence-electron chi connectivity index (χ4n) is 1.29. The third kappa shape index (κ3) is 5.04. The highest BCUT2D eigenvalue weighted by Gasteiger charge is 2.04. The van der Waals surface area contributed by atoms with Crippen LogP contribution in [0.15, 0.2) is 23.1 Å². The monoisotopic (exact) mass is 257 g/mol. The summed E-state index contributed by atoms with van der Waals surface area (Å²) in [6.07, 6.45) is 3.55. The van der Waals surface area contributed by atoms with Gasteiger partial charge in [-0.15, -0.1) is 0 Å². The fraction of sp³-hybridized carbons (Fsp3) is 0.500. The van der Waals surface area contributed by atoms with Gasteiger partial charge in [-0.05, 0) is 12.5 Å². The number of carbonyl (C=O) groups is 1. The van der Waals surface area contributed by atoms with E-state index in [4.69, 9.17) is 16.3 Å². The highest BCUT2D eigenvalue weighted by molar-refractivity contribution is 6.30. The molecule has 0 saturated heterocycles. The van der Waals surface area contributed by atoms with Crippen LogP contribution in [0.1, 0.15) is 26.2 Å². The van der Waals surface area contributed by atoms with Crippen LogP contribution in [0.2, 0.25) is 5.02 Å². The predicted octanol–water partition coefficient (Wildman–Crippen LogP) is 2.24. The number of halogens is 1. The molecule has 1 rings (SSSR count). The van der Waals surface area contributed by atoms with E-state index >= 15 is 0 Å². The van der Waals surface area contributed by atoms with Gasteiger partial charge in [-0.3, -0.25) is 9.59 Å². The average Bonchev–Trinajstić information content (AvgIpc) is 2.31. The Morgan fingerprint density at radius 1 is 1.47 bits per heavy atom. The lowest BCUT2D eigenvalue weighted by Crippen LogP contribution is -2.20. The largest absolute Gasteiger partial charge is 0.466 e. The van der Waals surface area contributed by atoms with E-state index in [9.17, 15) is 9.59 Å². The topological polar surface area (TPSA) is 48.3 Å². The Kier molecular flexibility index (Phi) is 5.77. The highest BCUT2D eigenvalue weighted by Crippen LogP contribution is 2.04. The van der Waals surface area contributed by atoms with Crippen LogP contribution in [-0.4, -0.2) is 17.1 Å². The Morgan fingerprint density at radius 3 is 2.94 bits per heavy atom. The number of aryl methyl sites for hydroxylation is 1. The minimum Gasteiger partial charge on any atom is -0.466 e. The van der Waals surface area contributed by atoms with Crippen LogP contribution in [0.5, 0.6) is 0 Å². The number of unbranched alkanes of at least 4 members (excludes halogenated alkanes) is 1. The van der Waals surface area contributed by atoms with Crippen LogP contribution in [0.3, 0.4) is 0 Å². The molecule has 0 fully saturated rings. The molecule has 0 spiro atoms. The first-order chi connectivity index (χ1) is 8.13. The number of hydrogen-bond acceptors (Lipinski definition) is 3. The summed E-state index contributed by atoms with van der Waals surface area (Å²) < 4.78 is 6.39. The van der Waals surface area contributed by atoms with Crippen molar-refractivity contribution < 1.29 is 9.53 Å². The molecular weight excluding hydrogens is 242 g/mol. The number of pyridine rings is 1. The van der Waals surface area contributed by atoms with Gasteiger partial charge in [0, 0.05) is 18.8 Å². The smallest absolute Gasteiger partial charge is 0.307 e. The first kappa shape index (κ1) is 13.8. The SMILES string of the molecule is CCCCOC(=O)CCn1cc(Cl)ccc1=O. The number of ether oxygens (including phenoxy) is 1. The molecule has 1 aromatic rings. The summed E-state index contributed by atoms with van der Waals surface area (Å²) in [6.45, 7) is 2.77. The van der Waals surface area contributed by atoms with E-state index in [0.717, 1.165) is 12.8 Å². The molecule has 0 atom stereocenters. The van der Waals surface area contributed by atoms with E-state index < -0.39 is 0 Å². The van der Waals surface area contributed by atoms with Crippen molar-refractivity contribution in [2.45, 2.75) is 32.7 Å². The van der Waals surface area contributed by atoms with Gasteiger partial charge in [-0.25, -0.2) is 0 Å². The van der Waals surface area contributed by atoms with Gasteiger partial charge in [0.1, 0.15) is 0 Å². The normalized spacial score (nSPS) is 10.2. The molecule has 0 radical (unpaired) electrons. The van der Waals surface area contributed by atoms with Crippen LogP contribution in [0, 0.1) is 0 Å². The van der Waals surface area contributed by atoms with Gasteiger partial charge < -0.3 is 9.30 Å². The number of hydrogen-bond donors (Lipinski definition) is 0. The number of rotatable bonds is 6. The molecule has 4 nitrogen and oxygen atoms in total. The molecule has 0 bridgehead atoms. The molecule has 0 amide bonds. The third-order valence-corrected chi connectivity index (χ3v) is 2.49. The van der Waals surface area contributed by atoms with Crippen molar-refractivity contribution in [3.05, 3.63) is 33.7 Å². The second-order valence-corrected chi connectivity index (χ2v) is 4.14. The van der Waals surface area contributed by atoms with Gasteiger partial charge in [0.2, 0.25) is 0 Å². The lowest BCUT2D eigenvalue weighted by molar-refractivity contribution is -0.144. The number of nitrogens with zero attached hydrogens (tertiary/aromatic N) is 1. The van der Waals surface area contributed by atoms with E-state index in [-0.39, 0.29) is 17.9 Å². The summed E-state index contributed by atoms with van der Waals surface area (Å²) in [6, 6.07) is 2.91. The summed E-state index contributed by atoms with van der Waals surface area (Å²) in [5.41, 5.74) is -0.171. The lowest BCUT2D eigenvalue weighted by atomic mass is 10.3. The van der Waals surface area contributed by atoms with Gasteiger partial charge in [0.05, 0.1) is 18.1 Å². The molecule has 1 heterocycles. The van der Waals surface area contributed by atoms with Crippen molar-refractivity contribution in [3.63, 3.8) is 0 Å². The van der Waals surface area contributed by atoms with Gasteiger partial charge >= 0.3 is 5.97 Å². The third-order valence-electron chi connectivity index (χ3n) is 2.27. The van der Waals surface area contributed by atoms with E-state index in [1.165, 1.54) is 22.9 Å². The van der Waals surface area contributed by atoms with Gasteiger partial charge in [-0.1, -0.05) is 24.9 Å². The Hall–Kier alpha value is -1.29. The molecule has 0 aromatic carbocycles. The average molecular weight is 258 g/mol. The Labute approximate surface area is 105 Å². The van der Waals surface area contributed by atoms with Crippen LogP contribution < -0.4 is 5.56 Å². The molecule has 17 heavy (non-hydrogen) atoms. The van der Waals surface area contributed by atoms with Crippen molar-refractivity contribution in [2.24, 2.45) is 0 Å². The van der Waals surface area contributed by atoms with Crippen LogP contribution >= 0.6 is 11.6 Å².